The first-order chi connectivity index (χ1) is 31.9. The number of aromatic nitrogens is 3. The molecule has 0 saturated heterocycles. The summed E-state index contributed by atoms with van der Waals surface area (Å²) in [7, 11) is 8.04. The molecule has 5 N–H and O–H groups in total. The van der Waals surface area contributed by atoms with Crippen molar-refractivity contribution in [3.63, 3.8) is 0 Å². The van der Waals surface area contributed by atoms with Crippen LogP contribution in [0.4, 0.5) is 0 Å². The van der Waals surface area contributed by atoms with E-state index in [2.05, 4.69) is 15.0 Å². The lowest BCUT2D eigenvalue weighted by Gasteiger charge is -2.34. The molecule has 3 aromatic heterocycles. The second-order valence-electron chi connectivity index (χ2n) is 18.1. The molecule has 14 atom stereocenters. The van der Waals surface area contributed by atoms with E-state index in [4.69, 9.17) is 47.4 Å². The van der Waals surface area contributed by atoms with Crippen molar-refractivity contribution >= 4 is 17.8 Å². The van der Waals surface area contributed by atoms with Gasteiger partial charge in [0, 0.05) is 72.0 Å². The number of carbonyl (C=O) groups excluding carboxylic acids is 2. The normalized spacial score (nSPS) is 26.5. The van der Waals surface area contributed by atoms with E-state index in [1.807, 2.05) is 53.7 Å². The van der Waals surface area contributed by atoms with Crippen LogP contribution in [0.15, 0.2) is 50.4 Å². The maximum Gasteiger partial charge on any atom is 0.308 e. The molecule has 0 spiro atoms. The molecular weight excluding hydrogens is 871 g/mol. The van der Waals surface area contributed by atoms with Crippen molar-refractivity contribution < 1.29 is 66.6 Å². The van der Waals surface area contributed by atoms with Crippen LogP contribution in [0, 0.1) is 35.5 Å². The van der Waals surface area contributed by atoms with Crippen LogP contribution in [-0.4, -0.2) is 132 Å². The van der Waals surface area contributed by atoms with E-state index in [9.17, 15) is 24.9 Å². The summed E-state index contributed by atoms with van der Waals surface area (Å²) in [5.41, 5.74) is 6.81. The predicted octanol–water partition coefficient (Wildman–Crippen LogP) is 6.15. The van der Waals surface area contributed by atoms with Crippen molar-refractivity contribution in [2.24, 2.45) is 41.2 Å². The highest BCUT2D eigenvalue weighted by molar-refractivity contribution is 5.81. The number of rotatable bonds is 18. The van der Waals surface area contributed by atoms with Crippen LogP contribution in [0.2, 0.25) is 0 Å². The Morgan fingerprint density at radius 3 is 2.30 bits per heavy atom. The third-order valence-electron chi connectivity index (χ3n) is 12.9. The number of cyclic esters (lactones) is 1. The number of nitrogens with zero attached hydrogens (tertiary/aromatic N) is 4. The van der Waals surface area contributed by atoms with Gasteiger partial charge in [-0.1, -0.05) is 53.7 Å². The van der Waals surface area contributed by atoms with Gasteiger partial charge in [0.05, 0.1) is 36.9 Å². The van der Waals surface area contributed by atoms with Crippen molar-refractivity contribution in [1.29, 1.82) is 0 Å². The summed E-state index contributed by atoms with van der Waals surface area (Å²) in [5, 5.41) is 31.0. The fraction of sp³-hybridized carbons (Fsp3) is 0.688. The Morgan fingerprint density at radius 2 is 1.64 bits per heavy atom. The number of carbonyl (C=O) groups is 2. The minimum Gasteiger partial charge on any atom is -0.462 e. The molecule has 376 valence electrons. The van der Waals surface area contributed by atoms with E-state index in [1.54, 1.807) is 45.6 Å². The molecule has 4 rings (SSSR count). The predicted molar refractivity (Wildman–Crippen MR) is 246 cm³/mol. The Labute approximate surface area is 394 Å². The third kappa shape index (κ3) is 16.1. The lowest BCUT2D eigenvalue weighted by atomic mass is 9.84. The summed E-state index contributed by atoms with van der Waals surface area (Å²) in [6, 6.07) is 0. The lowest BCUT2D eigenvalue weighted by Crippen LogP contribution is -2.40. The van der Waals surface area contributed by atoms with Gasteiger partial charge in [-0.05, 0) is 49.8 Å². The fourth-order valence-corrected chi connectivity index (χ4v) is 8.76. The molecule has 1 aliphatic rings. The van der Waals surface area contributed by atoms with E-state index in [1.165, 1.54) is 25.9 Å². The zero-order valence-electron chi connectivity index (χ0n) is 41.0. The largest absolute Gasteiger partial charge is 0.462 e. The SMILES string of the molecule is CO[C@@H]([C@H](C)/C=C/N(C)CO)[C@@H](C)C(=O)CC[C@@H](C)[C@@H](C[C@H]1OC(=O)C[C@H](O[C@@H](N)O)C[C@@H](C)C[C@H](O)[C@@H](C)[C@H](OC)c2coc(n2)-c2coc(n2)-c2coc(n2)C=CC[C@H](OC)[C@H]1C)OC. The van der Waals surface area contributed by atoms with Gasteiger partial charge in [-0.2, -0.15) is 0 Å². The van der Waals surface area contributed by atoms with Crippen LogP contribution in [-0.2, 0) is 38.0 Å². The molecular formula is C48H75N5O14. The number of hydrogen-bond donors (Lipinski definition) is 4. The van der Waals surface area contributed by atoms with E-state index in [-0.39, 0.29) is 92.1 Å². The van der Waals surface area contributed by atoms with Crippen molar-refractivity contribution in [2.45, 2.75) is 136 Å². The Bertz CT molecular complexity index is 1980. The Balaban J connectivity index is 1.60. The molecule has 0 aromatic carbocycles. The van der Waals surface area contributed by atoms with E-state index in [0.29, 0.717) is 29.9 Å². The maximum absolute atomic E-state index is 14.0. The number of aliphatic hydroxyl groups excluding tert-OH is 3. The fourth-order valence-electron chi connectivity index (χ4n) is 8.76. The molecule has 4 heterocycles. The summed E-state index contributed by atoms with van der Waals surface area (Å²) in [6.07, 6.45) is 7.21. The number of fused-ring (bicyclic) bond motifs is 8. The van der Waals surface area contributed by atoms with Gasteiger partial charge in [0.25, 0.3) is 0 Å². The number of oxazole rings is 3. The number of methoxy groups -OCH3 is 4. The summed E-state index contributed by atoms with van der Waals surface area (Å²) >= 11 is 0. The zero-order chi connectivity index (χ0) is 49.4. The number of ketones is 1. The second kappa shape index (κ2) is 27.0. The van der Waals surface area contributed by atoms with Crippen LogP contribution >= 0.6 is 0 Å². The molecule has 19 heteroatoms. The van der Waals surface area contributed by atoms with Gasteiger partial charge in [-0.25, -0.2) is 15.0 Å². The Kier molecular flexibility index (Phi) is 22.3. The van der Waals surface area contributed by atoms with Crippen molar-refractivity contribution in [3.05, 3.63) is 48.7 Å². The molecule has 0 fully saturated rings. The first kappa shape index (κ1) is 55.3. The van der Waals surface area contributed by atoms with Gasteiger partial charge in [-0.15, -0.1) is 0 Å². The number of hydrogen-bond acceptors (Lipinski definition) is 19. The van der Waals surface area contributed by atoms with E-state index < -0.39 is 60.8 Å². The molecule has 19 nitrogen and oxygen atoms in total. The first-order valence-electron chi connectivity index (χ1n) is 23.1. The topological polar surface area (TPSA) is 258 Å². The van der Waals surface area contributed by atoms with Crippen molar-refractivity contribution in [3.8, 4) is 23.2 Å². The average Bonchev–Trinajstić information content (AvgIpc) is 4.09. The highest BCUT2D eigenvalue weighted by Gasteiger charge is 2.36. The maximum atomic E-state index is 14.0. The molecule has 67 heavy (non-hydrogen) atoms. The molecule has 0 saturated carbocycles. The van der Waals surface area contributed by atoms with Crippen LogP contribution in [0.5, 0.6) is 0 Å². The third-order valence-corrected chi connectivity index (χ3v) is 12.9. The molecule has 1 aliphatic heterocycles. The first-order valence-corrected chi connectivity index (χ1v) is 23.1. The molecule has 0 radical (unpaired) electrons. The van der Waals surface area contributed by atoms with Gasteiger partial charge in [0.1, 0.15) is 49.2 Å². The quantitative estimate of drug-likeness (QED) is 0.0824. The minimum absolute atomic E-state index is 0.0466. The zero-order valence-corrected chi connectivity index (χ0v) is 41.0. The van der Waals surface area contributed by atoms with Crippen LogP contribution in [0.3, 0.4) is 0 Å². The smallest absolute Gasteiger partial charge is 0.308 e. The number of aliphatic hydroxyl groups is 3. The monoisotopic (exact) mass is 946 g/mol. The minimum atomic E-state index is -1.67. The summed E-state index contributed by atoms with van der Waals surface area (Å²) < 4.78 is 52.8. The molecule has 3 aromatic rings. The highest BCUT2D eigenvalue weighted by Crippen LogP contribution is 2.34. The number of esters is 1. The highest BCUT2D eigenvalue weighted by atomic mass is 16.6. The number of Topliss-reactive ketones (excluding diaryl/α,β-unsaturated/α-hetero) is 1. The van der Waals surface area contributed by atoms with Crippen LogP contribution < -0.4 is 5.73 Å². The van der Waals surface area contributed by atoms with Crippen molar-refractivity contribution in [1.82, 2.24) is 19.9 Å². The average molecular weight is 946 g/mol. The molecule has 0 unspecified atom stereocenters. The van der Waals surface area contributed by atoms with Gasteiger partial charge in [0.15, 0.2) is 11.4 Å². The second-order valence-corrected chi connectivity index (χ2v) is 18.1. The van der Waals surface area contributed by atoms with E-state index in [0.717, 1.165) is 0 Å². The van der Waals surface area contributed by atoms with Gasteiger partial charge < -0.3 is 61.9 Å². The Hall–Kier alpha value is -4.31. The number of ether oxygens (including phenoxy) is 6. The molecule has 0 aliphatic carbocycles. The summed E-state index contributed by atoms with van der Waals surface area (Å²) in [5.74, 6) is -1.54. The lowest BCUT2D eigenvalue weighted by molar-refractivity contribution is -0.170. The number of nitrogens with two attached hydrogens (primary N) is 1. The standard InChI is InChI=1S/C48H75N5O14/c1-27-19-33(66-48(49)58)21-43(57)67-41(22-40(60-9)28(2)15-16-37(55)30(4)44(61-10)29(3)17-18-53(7)26-54)32(6)39(59-8)13-12-14-42-50-35(24-63-42)46-52-36(25-65-46)47-51-34(23-64-47)45(62-11)31(5)38(56)20-27/h12,14,17-18,23-25,27-33,38-41,44-45,48,54,56,58H,13,15-16,19-22,26,49H2,1-11H3/b14-12?,18-17+/t27-,28-,29-,30+,31-,32-,33-,38+,39+,40-,41-,44+,45+,48+/m1/s1. The molecule has 0 amide bonds. The van der Waals surface area contributed by atoms with Crippen LogP contribution in [0.1, 0.15) is 104 Å². The van der Waals surface area contributed by atoms with Gasteiger partial charge in [0.2, 0.25) is 24.1 Å². The van der Waals surface area contributed by atoms with Crippen LogP contribution in [0.25, 0.3) is 29.2 Å². The van der Waals surface area contributed by atoms with Gasteiger partial charge >= 0.3 is 5.97 Å². The summed E-state index contributed by atoms with van der Waals surface area (Å²) in [6.45, 7) is 11.4. The van der Waals surface area contributed by atoms with Gasteiger partial charge in [-0.3, -0.25) is 15.3 Å². The van der Waals surface area contributed by atoms with E-state index >= 15 is 0 Å². The molecule has 6 bridgehead atoms. The Morgan fingerprint density at radius 1 is 0.955 bits per heavy atom. The van der Waals surface area contributed by atoms with Crippen molar-refractivity contribution in [2.75, 3.05) is 42.2 Å². The summed E-state index contributed by atoms with van der Waals surface area (Å²) in [4.78, 5) is 42.9.